The van der Waals surface area contributed by atoms with Crippen molar-refractivity contribution in [3.63, 3.8) is 0 Å². The Kier molecular flexibility index (Phi) is 5.52. The Hall–Kier alpha value is -0.970. The van der Waals surface area contributed by atoms with Crippen LogP contribution in [0.3, 0.4) is 0 Å². The third kappa shape index (κ3) is 3.37. The lowest BCUT2D eigenvalue weighted by Crippen LogP contribution is -2.49. The molecule has 1 aromatic rings. The molecule has 112 valence electrons. The highest BCUT2D eigenvalue weighted by Gasteiger charge is 2.41. The molecule has 1 fully saturated rings. The summed E-state index contributed by atoms with van der Waals surface area (Å²) in [4.78, 5) is 4.35. The third-order valence-corrected chi connectivity index (χ3v) is 4.10. The minimum Gasteiger partial charge on any atom is -0.381 e. The van der Waals surface area contributed by atoms with Crippen LogP contribution in [0.5, 0.6) is 0 Å². The van der Waals surface area contributed by atoms with E-state index in [2.05, 4.69) is 30.2 Å². The van der Waals surface area contributed by atoms with Gasteiger partial charge in [-0.2, -0.15) is 0 Å². The first-order valence-electron chi connectivity index (χ1n) is 7.49. The topological polar surface area (TPSA) is 43.4 Å². The van der Waals surface area contributed by atoms with Crippen LogP contribution in [0.1, 0.15) is 43.4 Å². The predicted molar refractivity (Wildman–Crippen MR) is 79.8 cm³/mol. The highest BCUT2D eigenvalue weighted by molar-refractivity contribution is 5.23. The highest BCUT2D eigenvalue weighted by atomic mass is 16.5. The van der Waals surface area contributed by atoms with Gasteiger partial charge in [-0.05, 0) is 31.0 Å². The van der Waals surface area contributed by atoms with E-state index in [9.17, 15) is 0 Å². The molecule has 1 atom stereocenters. The highest BCUT2D eigenvalue weighted by Crippen LogP contribution is 2.37. The molecule has 20 heavy (non-hydrogen) atoms. The van der Waals surface area contributed by atoms with Crippen LogP contribution in [0.25, 0.3) is 0 Å². The standard InChI is InChI=1S/C16H26N2O2/c1-4-7-18-15(14-10-13(2)11-17-12-14)16(19-3)5-8-20-9-6-16/h10-12,15,18H,4-9H2,1-3H3. The number of nitrogens with zero attached hydrogens (tertiary/aromatic N) is 1. The fourth-order valence-electron chi connectivity index (χ4n) is 2.96. The van der Waals surface area contributed by atoms with E-state index in [-0.39, 0.29) is 11.6 Å². The zero-order chi connectivity index (χ0) is 14.4. The summed E-state index contributed by atoms with van der Waals surface area (Å²) in [5.41, 5.74) is 2.20. The Bertz CT molecular complexity index is 417. The maximum absolute atomic E-state index is 5.96. The molecule has 1 N–H and O–H groups in total. The van der Waals surface area contributed by atoms with Gasteiger partial charge in [-0.3, -0.25) is 4.98 Å². The summed E-state index contributed by atoms with van der Waals surface area (Å²) in [6.07, 6.45) is 6.78. The zero-order valence-corrected chi connectivity index (χ0v) is 12.8. The van der Waals surface area contributed by atoms with Crippen molar-refractivity contribution in [2.45, 2.75) is 44.8 Å². The number of hydrogen-bond donors (Lipinski definition) is 1. The van der Waals surface area contributed by atoms with Crippen molar-refractivity contribution in [3.05, 3.63) is 29.6 Å². The fraction of sp³-hybridized carbons (Fsp3) is 0.688. The number of hydrogen-bond acceptors (Lipinski definition) is 4. The Morgan fingerprint density at radius 2 is 2.15 bits per heavy atom. The first-order valence-corrected chi connectivity index (χ1v) is 7.49. The Labute approximate surface area is 121 Å². The van der Waals surface area contributed by atoms with Crippen LogP contribution >= 0.6 is 0 Å². The molecule has 0 aliphatic carbocycles. The molecule has 4 nitrogen and oxygen atoms in total. The molecule has 1 aliphatic rings. The van der Waals surface area contributed by atoms with Gasteiger partial charge in [0.1, 0.15) is 0 Å². The van der Waals surface area contributed by atoms with Crippen LogP contribution in [-0.2, 0) is 9.47 Å². The third-order valence-electron chi connectivity index (χ3n) is 4.10. The monoisotopic (exact) mass is 278 g/mol. The van der Waals surface area contributed by atoms with Gasteiger partial charge in [0.25, 0.3) is 0 Å². The van der Waals surface area contributed by atoms with Gasteiger partial charge in [0, 0.05) is 45.6 Å². The van der Waals surface area contributed by atoms with Crippen LogP contribution in [0.15, 0.2) is 18.5 Å². The van der Waals surface area contributed by atoms with Crippen molar-refractivity contribution in [3.8, 4) is 0 Å². The van der Waals surface area contributed by atoms with Crippen LogP contribution in [0, 0.1) is 6.92 Å². The van der Waals surface area contributed by atoms with Gasteiger partial charge in [-0.1, -0.05) is 13.0 Å². The molecule has 0 amide bonds. The molecule has 0 saturated carbocycles. The van der Waals surface area contributed by atoms with Gasteiger partial charge >= 0.3 is 0 Å². The lowest BCUT2D eigenvalue weighted by molar-refractivity contribution is -0.111. The minimum absolute atomic E-state index is 0.170. The largest absolute Gasteiger partial charge is 0.381 e. The summed E-state index contributed by atoms with van der Waals surface area (Å²) < 4.78 is 11.5. The molecule has 1 unspecified atom stereocenters. The first kappa shape index (κ1) is 15.4. The average Bonchev–Trinajstić information content (AvgIpc) is 2.48. The van der Waals surface area contributed by atoms with E-state index in [1.165, 1.54) is 11.1 Å². The lowest BCUT2D eigenvalue weighted by atomic mass is 9.82. The molecule has 0 aromatic carbocycles. The second-order valence-electron chi connectivity index (χ2n) is 5.56. The number of ether oxygens (including phenoxy) is 2. The van der Waals surface area contributed by atoms with Gasteiger partial charge in [-0.25, -0.2) is 0 Å². The molecule has 0 spiro atoms. The van der Waals surface area contributed by atoms with Crippen molar-refractivity contribution < 1.29 is 9.47 Å². The molecule has 1 saturated heterocycles. The Balaban J connectivity index is 2.29. The van der Waals surface area contributed by atoms with E-state index < -0.39 is 0 Å². The second-order valence-corrected chi connectivity index (χ2v) is 5.56. The van der Waals surface area contributed by atoms with E-state index in [1.54, 1.807) is 0 Å². The van der Waals surface area contributed by atoms with Crippen molar-refractivity contribution in [1.29, 1.82) is 0 Å². The summed E-state index contributed by atoms with van der Waals surface area (Å²) in [6, 6.07) is 2.38. The van der Waals surface area contributed by atoms with E-state index in [4.69, 9.17) is 9.47 Å². The predicted octanol–water partition coefficient (Wildman–Crippen LogP) is 2.63. The average molecular weight is 278 g/mol. The molecular formula is C16H26N2O2. The van der Waals surface area contributed by atoms with Crippen LogP contribution < -0.4 is 5.32 Å². The molecule has 1 aliphatic heterocycles. The number of aryl methyl sites for hydroxylation is 1. The van der Waals surface area contributed by atoms with Gasteiger partial charge in [-0.15, -0.1) is 0 Å². The van der Waals surface area contributed by atoms with Crippen molar-refractivity contribution in [1.82, 2.24) is 10.3 Å². The van der Waals surface area contributed by atoms with E-state index >= 15 is 0 Å². The van der Waals surface area contributed by atoms with Crippen LogP contribution in [0.2, 0.25) is 0 Å². The zero-order valence-electron chi connectivity index (χ0n) is 12.8. The summed E-state index contributed by atoms with van der Waals surface area (Å²) >= 11 is 0. The molecule has 2 heterocycles. The first-order chi connectivity index (χ1) is 9.72. The maximum Gasteiger partial charge on any atom is 0.0916 e. The quantitative estimate of drug-likeness (QED) is 0.868. The molecule has 1 aromatic heterocycles. The molecule has 0 radical (unpaired) electrons. The maximum atomic E-state index is 5.96. The van der Waals surface area contributed by atoms with Gasteiger partial charge in [0.05, 0.1) is 11.6 Å². The van der Waals surface area contributed by atoms with Gasteiger partial charge in [0.2, 0.25) is 0 Å². The molecule has 0 bridgehead atoms. The van der Waals surface area contributed by atoms with E-state index in [1.807, 2.05) is 19.5 Å². The summed E-state index contributed by atoms with van der Waals surface area (Å²) in [5.74, 6) is 0. The van der Waals surface area contributed by atoms with E-state index in [0.29, 0.717) is 0 Å². The Morgan fingerprint density at radius 1 is 1.40 bits per heavy atom. The minimum atomic E-state index is -0.192. The number of pyridine rings is 1. The number of methoxy groups -OCH3 is 1. The smallest absolute Gasteiger partial charge is 0.0916 e. The second kappa shape index (κ2) is 7.16. The van der Waals surface area contributed by atoms with Gasteiger partial charge in [0.15, 0.2) is 0 Å². The fourth-order valence-corrected chi connectivity index (χ4v) is 2.96. The number of nitrogens with one attached hydrogen (secondary N) is 1. The summed E-state index contributed by atoms with van der Waals surface area (Å²) in [7, 11) is 1.81. The SMILES string of the molecule is CCCNC(c1cncc(C)c1)C1(OC)CCOCC1. The number of aromatic nitrogens is 1. The van der Waals surface area contributed by atoms with E-state index in [0.717, 1.165) is 39.0 Å². The van der Waals surface area contributed by atoms with Crippen molar-refractivity contribution in [2.75, 3.05) is 26.9 Å². The molecular weight excluding hydrogens is 252 g/mol. The van der Waals surface area contributed by atoms with Crippen molar-refractivity contribution in [2.24, 2.45) is 0 Å². The summed E-state index contributed by atoms with van der Waals surface area (Å²) in [5, 5.41) is 3.65. The van der Waals surface area contributed by atoms with Crippen LogP contribution in [-0.4, -0.2) is 37.5 Å². The normalized spacial score (nSPS) is 19.8. The van der Waals surface area contributed by atoms with Crippen molar-refractivity contribution >= 4 is 0 Å². The lowest BCUT2D eigenvalue weighted by Gasteiger charge is -2.43. The summed E-state index contributed by atoms with van der Waals surface area (Å²) in [6.45, 7) is 6.76. The van der Waals surface area contributed by atoms with Gasteiger partial charge < -0.3 is 14.8 Å². The molecule has 4 heteroatoms. The number of rotatable bonds is 6. The Morgan fingerprint density at radius 3 is 2.75 bits per heavy atom. The van der Waals surface area contributed by atoms with Crippen LogP contribution in [0.4, 0.5) is 0 Å². The molecule has 2 rings (SSSR count).